The largest absolute Gasteiger partial charge is 0.355 e. The highest BCUT2D eigenvalue weighted by Crippen LogP contribution is 2.31. The highest BCUT2D eigenvalue weighted by atomic mass is 32.1. The Labute approximate surface area is 106 Å². The summed E-state index contributed by atoms with van der Waals surface area (Å²) >= 11 is 1.69. The molecular formula is C13H17N3S. The van der Waals surface area contributed by atoms with Gasteiger partial charge in [-0.05, 0) is 29.7 Å². The Balaban J connectivity index is 2.00. The van der Waals surface area contributed by atoms with Gasteiger partial charge in [0.15, 0.2) is 0 Å². The van der Waals surface area contributed by atoms with Crippen molar-refractivity contribution in [1.82, 2.24) is 9.97 Å². The summed E-state index contributed by atoms with van der Waals surface area (Å²) in [6.45, 7) is 6.89. The summed E-state index contributed by atoms with van der Waals surface area (Å²) in [6, 6.07) is 2.14. The molecule has 1 saturated heterocycles. The van der Waals surface area contributed by atoms with Crippen molar-refractivity contribution >= 4 is 27.4 Å². The maximum absolute atomic E-state index is 4.49. The first-order chi connectivity index (χ1) is 8.24. The number of aromatic nitrogens is 2. The van der Waals surface area contributed by atoms with E-state index in [4.69, 9.17) is 0 Å². The fraction of sp³-hybridized carbons (Fsp3) is 0.538. The highest BCUT2D eigenvalue weighted by Gasteiger charge is 2.24. The van der Waals surface area contributed by atoms with Gasteiger partial charge in [-0.1, -0.05) is 13.8 Å². The van der Waals surface area contributed by atoms with E-state index in [1.807, 2.05) is 0 Å². The molecule has 0 unspecified atom stereocenters. The Morgan fingerprint density at radius 1 is 1.24 bits per heavy atom. The number of nitrogens with zero attached hydrogens (tertiary/aromatic N) is 3. The van der Waals surface area contributed by atoms with Crippen LogP contribution in [0.25, 0.3) is 10.2 Å². The van der Waals surface area contributed by atoms with Gasteiger partial charge in [-0.25, -0.2) is 9.97 Å². The van der Waals surface area contributed by atoms with E-state index in [9.17, 15) is 0 Å². The van der Waals surface area contributed by atoms with Crippen LogP contribution >= 0.6 is 11.3 Å². The normalized spacial score (nSPS) is 25.4. The quantitative estimate of drug-likeness (QED) is 0.775. The van der Waals surface area contributed by atoms with Crippen LogP contribution in [0.3, 0.4) is 0 Å². The number of hydrogen-bond donors (Lipinski definition) is 0. The van der Waals surface area contributed by atoms with Crippen LogP contribution in [0.15, 0.2) is 17.8 Å². The number of hydrogen-bond acceptors (Lipinski definition) is 4. The highest BCUT2D eigenvalue weighted by molar-refractivity contribution is 7.16. The maximum atomic E-state index is 4.49. The standard InChI is InChI=1S/C13H17N3S/c1-9-5-10(2)7-16(6-9)12-11-3-4-17-13(11)15-8-14-12/h3-4,8-10H,5-7H2,1-2H3/t9-,10-/m1/s1. The van der Waals surface area contributed by atoms with Crippen LogP contribution in [-0.4, -0.2) is 23.1 Å². The van der Waals surface area contributed by atoms with E-state index in [0.29, 0.717) is 0 Å². The lowest BCUT2D eigenvalue weighted by molar-refractivity contribution is 0.356. The van der Waals surface area contributed by atoms with Crippen molar-refractivity contribution in [3.05, 3.63) is 17.8 Å². The minimum absolute atomic E-state index is 0.752. The molecule has 1 aliphatic heterocycles. The fourth-order valence-electron chi connectivity index (χ4n) is 2.86. The molecule has 4 heteroatoms. The van der Waals surface area contributed by atoms with Crippen molar-refractivity contribution in [2.24, 2.45) is 11.8 Å². The number of piperidine rings is 1. The second-order valence-electron chi connectivity index (χ2n) is 5.19. The summed E-state index contributed by atoms with van der Waals surface area (Å²) in [7, 11) is 0. The maximum Gasteiger partial charge on any atom is 0.140 e. The van der Waals surface area contributed by atoms with Gasteiger partial charge in [0.05, 0.1) is 5.39 Å². The van der Waals surface area contributed by atoms with Gasteiger partial charge in [0.1, 0.15) is 17.0 Å². The first-order valence-electron chi connectivity index (χ1n) is 6.17. The molecule has 1 fully saturated rings. The summed E-state index contributed by atoms with van der Waals surface area (Å²) in [4.78, 5) is 12.3. The van der Waals surface area contributed by atoms with Gasteiger partial charge >= 0.3 is 0 Å². The molecule has 0 amide bonds. The molecule has 3 heterocycles. The molecule has 90 valence electrons. The van der Waals surface area contributed by atoms with E-state index in [1.165, 1.54) is 11.8 Å². The van der Waals surface area contributed by atoms with Gasteiger partial charge in [-0.2, -0.15) is 0 Å². The molecule has 0 bridgehead atoms. The average Bonchev–Trinajstić information content (AvgIpc) is 2.75. The zero-order valence-corrected chi connectivity index (χ0v) is 11.1. The zero-order valence-electron chi connectivity index (χ0n) is 10.3. The van der Waals surface area contributed by atoms with E-state index in [-0.39, 0.29) is 0 Å². The lowest BCUT2D eigenvalue weighted by atomic mass is 9.92. The molecule has 0 spiro atoms. The molecule has 0 radical (unpaired) electrons. The van der Waals surface area contributed by atoms with Crippen molar-refractivity contribution in [3.8, 4) is 0 Å². The van der Waals surface area contributed by atoms with Crippen LogP contribution < -0.4 is 4.90 Å². The molecule has 1 aliphatic rings. The first kappa shape index (κ1) is 11.0. The Bertz CT molecular complexity index is 512. The number of thiophene rings is 1. The van der Waals surface area contributed by atoms with Gasteiger partial charge in [-0.3, -0.25) is 0 Å². The third-order valence-corrected chi connectivity index (χ3v) is 4.23. The van der Waals surface area contributed by atoms with Crippen molar-refractivity contribution in [2.75, 3.05) is 18.0 Å². The third kappa shape index (κ3) is 2.02. The molecule has 0 N–H and O–H groups in total. The molecule has 2 aromatic rings. The van der Waals surface area contributed by atoms with Gasteiger partial charge in [0, 0.05) is 13.1 Å². The second kappa shape index (κ2) is 4.26. The summed E-state index contributed by atoms with van der Waals surface area (Å²) in [5, 5.41) is 3.30. The van der Waals surface area contributed by atoms with Gasteiger partial charge in [0.2, 0.25) is 0 Å². The van der Waals surface area contributed by atoms with Crippen molar-refractivity contribution < 1.29 is 0 Å². The third-order valence-electron chi connectivity index (χ3n) is 3.41. The Morgan fingerprint density at radius 3 is 2.76 bits per heavy atom. The van der Waals surface area contributed by atoms with E-state index in [1.54, 1.807) is 17.7 Å². The van der Waals surface area contributed by atoms with Gasteiger partial charge in [-0.15, -0.1) is 11.3 Å². The molecule has 2 atom stereocenters. The van der Waals surface area contributed by atoms with Crippen LogP contribution in [0.2, 0.25) is 0 Å². The van der Waals surface area contributed by atoms with E-state index in [2.05, 4.69) is 40.2 Å². The zero-order chi connectivity index (χ0) is 11.8. The van der Waals surface area contributed by atoms with Crippen LogP contribution in [0.1, 0.15) is 20.3 Å². The average molecular weight is 247 g/mol. The van der Waals surface area contributed by atoms with Gasteiger partial charge < -0.3 is 4.90 Å². The summed E-state index contributed by atoms with van der Waals surface area (Å²) in [5.74, 6) is 2.62. The summed E-state index contributed by atoms with van der Waals surface area (Å²) in [5.41, 5.74) is 0. The Morgan fingerprint density at radius 2 is 2.00 bits per heavy atom. The van der Waals surface area contributed by atoms with Gasteiger partial charge in [0.25, 0.3) is 0 Å². The predicted molar refractivity (Wildman–Crippen MR) is 72.6 cm³/mol. The molecule has 0 saturated carbocycles. The molecule has 17 heavy (non-hydrogen) atoms. The molecular weight excluding hydrogens is 230 g/mol. The van der Waals surface area contributed by atoms with Crippen molar-refractivity contribution in [1.29, 1.82) is 0 Å². The van der Waals surface area contributed by atoms with Crippen molar-refractivity contribution in [2.45, 2.75) is 20.3 Å². The molecule has 3 nitrogen and oxygen atoms in total. The Hall–Kier alpha value is -1.16. The molecule has 0 aliphatic carbocycles. The topological polar surface area (TPSA) is 29.0 Å². The number of anilines is 1. The summed E-state index contributed by atoms with van der Waals surface area (Å²) < 4.78 is 0. The summed E-state index contributed by atoms with van der Waals surface area (Å²) in [6.07, 6.45) is 3.02. The first-order valence-corrected chi connectivity index (χ1v) is 7.05. The van der Waals surface area contributed by atoms with Crippen LogP contribution in [-0.2, 0) is 0 Å². The lowest BCUT2D eigenvalue weighted by Gasteiger charge is -2.36. The molecule has 3 rings (SSSR count). The number of rotatable bonds is 1. The fourth-order valence-corrected chi connectivity index (χ4v) is 3.59. The monoisotopic (exact) mass is 247 g/mol. The van der Waals surface area contributed by atoms with Crippen LogP contribution in [0.4, 0.5) is 5.82 Å². The minimum Gasteiger partial charge on any atom is -0.355 e. The van der Waals surface area contributed by atoms with Crippen molar-refractivity contribution in [3.63, 3.8) is 0 Å². The van der Waals surface area contributed by atoms with E-state index < -0.39 is 0 Å². The van der Waals surface area contributed by atoms with Crippen LogP contribution in [0, 0.1) is 11.8 Å². The van der Waals surface area contributed by atoms with Crippen LogP contribution in [0.5, 0.6) is 0 Å². The van der Waals surface area contributed by atoms with E-state index >= 15 is 0 Å². The molecule has 0 aromatic carbocycles. The molecule has 2 aromatic heterocycles. The SMILES string of the molecule is C[C@@H]1C[C@@H](C)CN(c2ncnc3sccc23)C1. The Kier molecular flexibility index (Phi) is 2.74. The smallest absolute Gasteiger partial charge is 0.140 e. The minimum atomic E-state index is 0.752. The second-order valence-corrected chi connectivity index (χ2v) is 6.08. The number of fused-ring (bicyclic) bond motifs is 1. The predicted octanol–water partition coefficient (Wildman–Crippen LogP) is 3.17. The lowest BCUT2D eigenvalue weighted by Crippen LogP contribution is -2.39. The van der Waals surface area contributed by atoms with E-state index in [0.717, 1.165) is 35.6 Å².